The molecule has 2 aromatic heterocycles. The van der Waals surface area contributed by atoms with Gasteiger partial charge in [0.05, 0.1) is 21.5 Å². The highest BCUT2D eigenvalue weighted by molar-refractivity contribution is 9.10. The second kappa shape index (κ2) is 7.06. The number of nitro groups is 1. The quantitative estimate of drug-likeness (QED) is 0.539. The Bertz CT molecular complexity index is 817. The lowest BCUT2D eigenvalue weighted by atomic mass is 10.3. The van der Waals surface area contributed by atoms with E-state index < -0.39 is 16.7 Å². The third-order valence-corrected chi connectivity index (χ3v) is 4.40. The van der Waals surface area contributed by atoms with Crippen LogP contribution in [-0.4, -0.2) is 34.1 Å². The van der Waals surface area contributed by atoms with E-state index in [1.165, 1.54) is 18.3 Å². The third kappa shape index (κ3) is 4.03. The number of rotatable bonds is 4. The number of halogens is 4. The van der Waals surface area contributed by atoms with Gasteiger partial charge in [-0.2, -0.15) is 13.2 Å². The number of ether oxygens (including phenoxy) is 1. The number of alkyl halides is 3. The summed E-state index contributed by atoms with van der Waals surface area (Å²) in [5.74, 6) is 0.655. The molecule has 0 saturated carbocycles. The van der Waals surface area contributed by atoms with Crippen molar-refractivity contribution < 1.29 is 22.8 Å². The van der Waals surface area contributed by atoms with Crippen LogP contribution in [0.25, 0.3) is 0 Å². The molecule has 1 unspecified atom stereocenters. The molecule has 0 amide bonds. The Balaban J connectivity index is 1.65. The molecule has 1 aliphatic heterocycles. The van der Waals surface area contributed by atoms with Crippen LogP contribution in [0.15, 0.2) is 35.1 Å². The molecule has 1 atom stereocenters. The second-order valence-corrected chi connectivity index (χ2v) is 6.47. The second-order valence-electron chi connectivity index (χ2n) is 5.61. The number of anilines is 1. The van der Waals surface area contributed by atoms with E-state index in [1.807, 2.05) is 4.90 Å². The minimum Gasteiger partial charge on any atom is -0.472 e. The van der Waals surface area contributed by atoms with Crippen LogP contribution in [0.1, 0.15) is 12.0 Å². The summed E-state index contributed by atoms with van der Waals surface area (Å²) in [6, 6.07) is 3.48. The fraction of sp³-hybridized carbons (Fsp3) is 0.333. The highest BCUT2D eigenvalue weighted by Crippen LogP contribution is 2.32. The number of nitrogens with zero attached hydrogens (tertiary/aromatic N) is 4. The molecule has 2 aromatic rings. The lowest BCUT2D eigenvalue weighted by Crippen LogP contribution is -2.25. The highest BCUT2D eigenvalue weighted by Gasteiger charge is 2.31. The van der Waals surface area contributed by atoms with E-state index in [9.17, 15) is 23.3 Å². The Morgan fingerprint density at radius 1 is 1.31 bits per heavy atom. The molecule has 0 N–H and O–H groups in total. The van der Waals surface area contributed by atoms with Crippen LogP contribution in [0, 0.1) is 10.1 Å². The van der Waals surface area contributed by atoms with Crippen molar-refractivity contribution in [2.45, 2.75) is 18.7 Å². The van der Waals surface area contributed by atoms with Gasteiger partial charge in [0.2, 0.25) is 5.88 Å². The van der Waals surface area contributed by atoms with Gasteiger partial charge in [-0.15, -0.1) is 0 Å². The lowest BCUT2D eigenvalue weighted by Gasteiger charge is -2.19. The van der Waals surface area contributed by atoms with Gasteiger partial charge >= 0.3 is 6.18 Å². The maximum Gasteiger partial charge on any atom is 0.417 e. The summed E-state index contributed by atoms with van der Waals surface area (Å²) < 4.78 is 43.7. The average molecular weight is 433 g/mol. The number of hydrogen-bond acceptors (Lipinski definition) is 6. The monoisotopic (exact) mass is 432 g/mol. The summed E-state index contributed by atoms with van der Waals surface area (Å²) in [5.41, 5.74) is -0.960. The Kier molecular flexibility index (Phi) is 4.99. The van der Waals surface area contributed by atoms with Crippen molar-refractivity contribution in [1.29, 1.82) is 0 Å². The predicted molar refractivity (Wildman–Crippen MR) is 89.1 cm³/mol. The Morgan fingerprint density at radius 2 is 2.08 bits per heavy atom. The molecule has 3 heterocycles. The van der Waals surface area contributed by atoms with Gasteiger partial charge in [0.1, 0.15) is 18.1 Å². The van der Waals surface area contributed by atoms with Crippen molar-refractivity contribution in [3.8, 4) is 5.88 Å². The Labute approximate surface area is 154 Å². The van der Waals surface area contributed by atoms with Gasteiger partial charge in [-0.3, -0.25) is 10.1 Å². The largest absolute Gasteiger partial charge is 0.472 e. The van der Waals surface area contributed by atoms with Gasteiger partial charge in [0, 0.05) is 31.3 Å². The van der Waals surface area contributed by atoms with E-state index in [0.717, 1.165) is 12.3 Å². The van der Waals surface area contributed by atoms with Gasteiger partial charge in [0.15, 0.2) is 0 Å². The van der Waals surface area contributed by atoms with E-state index in [1.54, 1.807) is 0 Å². The maximum atomic E-state index is 12.5. The zero-order valence-electron chi connectivity index (χ0n) is 13.1. The van der Waals surface area contributed by atoms with Crippen LogP contribution in [0.5, 0.6) is 5.88 Å². The first-order valence-electron chi connectivity index (χ1n) is 7.49. The molecule has 0 aliphatic carbocycles. The Hall–Kier alpha value is -2.43. The van der Waals surface area contributed by atoms with E-state index in [-0.39, 0.29) is 17.7 Å². The van der Waals surface area contributed by atoms with Gasteiger partial charge in [-0.25, -0.2) is 9.97 Å². The van der Waals surface area contributed by atoms with Gasteiger partial charge < -0.3 is 9.64 Å². The normalized spacial score (nSPS) is 17.4. The van der Waals surface area contributed by atoms with Gasteiger partial charge in [-0.1, -0.05) is 0 Å². The van der Waals surface area contributed by atoms with Crippen molar-refractivity contribution >= 4 is 27.4 Å². The fourth-order valence-electron chi connectivity index (χ4n) is 2.56. The summed E-state index contributed by atoms with van der Waals surface area (Å²) in [4.78, 5) is 19.9. The molecule has 7 nitrogen and oxygen atoms in total. The molecule has 0 radical (unpaired) electrons. The first kappa shape index (κ1) is 18.4. The average Bonchev–Trinajstić information content (AvgIpc) is 3.02. The first-order chi connectivity index (χ1) is 12.2. The molecule has 1 aliphatic rings. The highest BCUT2D eigenvalue weighted by atomic mass is 79.9. The van der Waals surface area contributed by atoms with Crippen molar-refractivity contribution in [3.05, 3.63) is 50.7 Å². The van der Waals surface area contributed by atoms with Gasteiger partial charge in [0.25, 0.3) is 5.69 Å². The topological polar surface area (TPSA) is 81.4 Å². The molecule has 0 spiro atoms. The number of pyridine rings is 2. The SMILES string of the molecule is O=[N+]([O-])c1cnc(N2CCC(Oc3ccc(C(F)(F)F)cn3)C2)c(Br)c1. The van der Waals surface area contributed by atoms with Gasteiger partial charge in [-0.05, 0) is 22.0 Å². The van der Waals surface area contributed by atoms with Crippen LogP contribution in [0.3, 0.4) is 0 Å². The zero-order chi connectivity index (χ0) is 18.9. The van der Waals surface area contributed by atoms with Crippen LogP contribution < -0.4 is 9.64 Å². The zero-order valence-corrected chi connectivity index (χ0v) is 14.7. The molecule has 1 saturated heterocycles. The Morgan fingerprint density at radius 3 is 2.65 bits per heavy atom. The minimum absolute atomic E-state index is 0.112. The van der Waals surface area contributed by atoms with E-state index in [4.69, 9.17) is 4.74 Å². The maximum absolute atomic E-state index is 12.5. The van der Waals surface area contributed by atoms with Crippen molar-refractivity contribution in [2.75, 3.05) is 18.0 Å². The molecular formula is C15H12BrF3N4O3. The molecule has 0 bridgehead atoms. The first-order valence-corrected chi connectivity index (χ1v) is 8.28. The molecule has 138 valence electrons. The van der Waals surface area contributed by atoms with Crippen LogP contribution >= 0.6 is 15.9 Å². The summed E-state index contributed by atoms with van der Waals surface area (Å²) in [7, 11) is 0. The summed E-state index contributed by atoms with van der Waals surface area (Å²) in [5, 5.41) is 10.8. The fourth-order valence-corrected chi connectivity index (χ4v) is 3.15. The van der Waals surface area contributed by atoms with E-state index >= 15 is 0 Å². The van der Waals surface area contributed by atoms with Crippen molar-refractivity contribution in [2.24, 2.45) is 0 Å². The standard InChI is InChI=1S/C15H12BrF3N4O3/c16-12-5-10(23(24)25)7-21-14(12)22-4-3-11(8-22)26-13-2-1-9(6-20-13)15(17,18)19/h1-2,5-7,11H,3-4,8H2. The number of aromatic nitrogens is 2. The molecule has 26 heavy (non-hydrogen) atoms. The molecule has 3 rings (SSSR count). The van der Waals surface area contributed by atoms with Crippen LogP contribution in [0.4, 0.5) is 24.7 Å². The summed E-state index contributed by atoms with van der Waals surface area (Å²) >= 11 is 3.27. The van der Waals surface area contributed by atoms with Crippen molar-refractivity contribution in [3.63, 3.8) is 0 Å². The summed E-state index contributed by atoms with van der Waals surface area (Å²) in [6.45, 7) is 1.03. The number of hydrogen-bond donors (Lipinski definition) is 0. The molecule has 0 aromatic carbocycles. The molecule has 1 fully saturated rings. The van der Waals surface area contributed by atoms with Crippen LogP contribution in [0.2, 0.25) is 0 Å². The molecular weight excluding hydrogens is 421 g/mol. The summed E-state index contributed by atoms with van der Waals surface area (Å²) in [6.07, 6.45) is -2.19. The predicted octanol–water partition coefficient (Wildman–Crippen LogP) is 3.82. The minimum atomic E-state index is -4.44. The molecule has 11 heteroatoms. The van der Waals surface area contributed by atoms with E-state index in [0.29, 0.717) is 29.8 Å². The smallest absolute Gasteiger partial charge is 0.417 e. The van der Waals surface area contributed by atoms with Crippen molar-refractivity contribution in [1.82, 2.24) is 9.97 Å². The lowest BCUT2D eigenvalue weighted by molar-refractivity contribution is -0.385. The van der Waals surface area contributed by atoms with E-state index in [2.05, 4.69) is 25.9 Å². The van der Waals surface area contributed by atoms with Crippen LogP contribution in [-0.2, 0) is 6.18 Å². The third-order valence-electron chi connectivity index (χ3n) is 3.81.